The molecule has 1 N–H and O–H groups in total. The lowest BCUT2D eigenvalue weighted by Crippen LogP contribution is -2.55. The second kappa shape index (κ2) is 6.36. The lowest BCUT2D eigenvalue weighted by atomic mass is 9.88. The molecule has 0 heterocycles. The molecule has 0 aliphatic heterocycles. The zero-order chi connectivity index (χ0) is 15.6. The lowest BCUT2D eigenvalue weighted by molar-refractivity contribution is -0.385. The molecule has 0 radical (unpaired) electrons. The minimum atomic E-state index is -0.789. The van der Waals surface area contributed by atoms with Crippen molar-refractivity contribution in [1.29, 1.82) is 0 Å². The second-order valence-corrected chi connectivity index (χ2v) is 5.12. The van der Waals surface area contributed by atoms with Gasteiger partial charge in [0, 0.05) is 18.6 Å². The standard InChI is InChI=1S/C14H18FNO5/c1-3-4-20-14-11(17)7-13(14)21-12-5-8(2)10(16(18)19)6-9(12)15/h5-6,11,13-14,17H,3-4,7H2,1-2H3. The normalized spacial score (nSPS) is 24.5. The van der Waals surface area contributed by atoms with Crippen LogP contribution in [-0.4, -0.2) is 34.9 Å². The Labute approximate surface area is 121 Å². The zero-order valence-corrected chi connectivity index (χ0v) is 11.9. The summed E-state index contributed by atoms with van der Waals surface area (Å²) in [6.07, 6.45) is -0.393. The lowest BCUT2D eigenvalue weighted by Gasteiger charge is -2.40. The average molecular weight is 299 g/mol. The summed E-state index contributed by atoms with van der Waals surface area (Å²) < 4.78 is 24.8. The minimum absolute atomic E-state index is 0.0555. The van der Waals surface area contributed by atoms with Gasteiger partial charge in [-0.1, -0.05) is 6.92 Å². The Morgan fingerprint density at radius 2 is 2.24 bits per heavy atom. The summed E-state index contributed by atoms with van der Waals surface area (Å²) in [6.45, 7) is 3.95. The van der Waals surface area contributed by atoms with Crippen LogP contribution < -0.4 is 4.74 Å². The Hall–Kier alpha value is -1.73. The number of hydrogen-bond acceptors (Lipinski definition) is 5. The van der Waals surface area contributed by atoms with Crippen LogP contribution in [0.3, 0.4) is 0 Å². The smallest absolute Gasteiger partial charge is 0.275 e. The fourth-order valence-corrected chi connectivity index (χ4v) is 2.24. The molecular formula is C14H18FNO5. The zero-order valence-electron chi connectivity index (χ0n) is 11.9. The van der Waals surface area contributed by atoms with E-state index in [9.17, 15) is 19.6 Å². The molecule has 21 heavy (non-hydrogen) atoms. The first kappa shape index (κ1) is 15.7. The van der Waals surface area contributed by atoms with Gasteiger partial charge in [-0.05, 0) is 19.4 Å². The molecule has 2 rings (SSSR count). The summed E-state index contributed by atoms with van der Waals surface area (Å²) >= 11 is 0. The van der Waals surface area contributed by atoms with E-state index in [4.69, 9.17) is 9.47 Å². The number of hydrogen-bond donors (Lipinski definition) is 1. The first-order valence-electron chi connectivity index (χ1n) is 6.85. The third kappa shape index (κ3) is 3.30. The largest absolute Gasteiger partial charge is 0.484 e. The summed E-state index contributed by atoms with van der Waals surface area (Å²) in [5, 5.41) is 20.4. The van der Waals surface area contributed by atoms with E-state index in [0.717, 1.165) is 12.5 Å². The number of nitro benzene ring substituents is 1. The van der Waals surface area contributed by atoms with E-state index < -0.39 is 29.1 Å². The van der Waals surface area contributed by atoms with Crippen LogP contribution in [-0.2, 0) is 4.74 Å². The van der Waals surface area contributed by atoms with E-state index >= 15 is 0 Å². The number of aryl methyl sites for hydroxylation is 1. The van der Waals surface area contributed by atoms with Crippen LogP contribution in [0.1, 0.15) is 25.3 Å². The number of aliphatic hydroxyl groups is 1. The fourth-order valence-electron chi connectivity index (χ4n) is 2.24. The molecule has 1 fully saturated rings. The van der Waals surface area contributed by atoms with Gasteiger partial charge in [-0.15, -0.1) is 0 Å². The molecule has 116 valence electrons. The van der Waals surface area contributed by atoms with Crippen LogP contribution in [0.15, 0.2) is 12.1 Å². The van der Waals surface area contributed by atoms with Crippen molar-refractivity contribution in [2.24, 2.45) is 0 Å². The van der Waals surface area contributed by atoms with Crippen molar-refractivity contribution in [3.05, 3.63) is 33.6 Å². The number of ether oxygens (including phenoxy) is 2. The topological polar surface area (TPSA) is 81.8 Å². The van der Waals surface area contributed by atoms with Gasteiger partial charge in [0.05, 0.1) is 17.1 Å². The first-order chi connectivity index (χ1) is 9.93. The predicted molar refractivity (Wildman–Crippen MR) is 72.9 cm³/mol. The summed E-state index contributed by atoms with van der Waals surface area (Å²) in [7, 11) is 0. The van der Waals surface area contributed by atoms with Gasteiger partial charge in [-0.2, -0.15) is 0 Å². The van der Waals surface area contributed by atoms with E-state index in [2.05, 4.69) is 0 Å². The van der Waals surface area contributed by atoms with E-state index in [-0.39, 0.29) is 11.4 Å². The van der Waals surface area contributed by atoms with Crippen LogP contribution in [0.4, 0.5) is 10.1 Å². The van der Waals surface area contributed by atoms with Gasteiger partial charge in [-0.25, -0.2) is 4.39 Å². The van der Waals surface area contributed by atoms with Gasteiger partial charge in [0.2, 0.25) is 0 Å². The summed E-state index contributed by atoms with van der Waals surface area (Å²) in [5.41, 5.74) is 0.0366. The predicted octanol–water partition coefficient (Wildman–Crippen LogP) is 2.35. The van der Waals surface area contributed by atoms with Gasteiger partial charge in [0.25, 0.3) is 5.69 Å². The van der Waals surface area contributed by atoms with Crippen molar-refractivity contribution in [3.63, 3.8) is 0 Å². The van der Waals surface area contributed by atoms with E-state index in [1.54, 1.807) is 0 Å². The quantitative estimate of drug-likeness (QED) is 0.644. The number of halogens is 1. The van der Waals surface area contributed by atoms with Crippen molar-refractivity contribution in [2.45, 2.75) is 45.0 Å². The number of rotatable bonds is 6. The molecule has 1 aromatic rings. The Kier molecular flexibility index (Phi) is 4.74. The molecule has 3 unspecified atom stereocenters. The van der Waals surface area contributed by atoms with Crippen LogP contribution in [0.2, 0.25) is 0 Å². The fraction of sp³-hybridized carbons (Fsp3) is 0.571. The van der Waals surface area contributed by atoms with Crippen LogP contribution >= 0.6 is 0 Å². The van der Waals surface area contributed by atoms with Gasteiger partial charge in [0.15, 0.2) is 11.6 Å². The highest BCUT2D eigenvalue weighted by Gasteiger charge is 2.43. The van der Waals surface area contributed by atoms with Gasteiger partial charge in [0.1, 0.15) is 12.2 Å². The summed E-state index contributed by atoms with van der Waals surface area (Å²) in [6, 6.07) is 2.15. The Balaban J connectivity index is 2.09. The SMILES string of the molecule is CCCOC1C(O)CC1Oc1cc(C)c([N+](=O)[O-])cc1F. The molecule has 0 spiro atoms. The highest BCUT2D eigenvalue weighted by molar-refractivity contribution is 5.45. The number of aliphatic hydroxyl groups excluding tert-OH is 1. The maximum absolute atomic E-state index is 13.9. The van der Waals surface area contributed by atoms with Crippen molar-refractivity contribution in [3.8, 4) is 5.75 Å². The molecule has 3 atom stereocenters. The summed E-state index contributed by atoms with van der Waals surface area (Å²) in [5.74, 6) is -0.844. The van der Waals surface area contributed by atoms with Gasteiger partial charge in [-0.3, -0.25) is 10.1 Å². The van der Waals surface area contributed by atoms with Crippen molar-refractivity contribution in [1.82, 2.24) is 0 Å². The molecule has 1 saturated carbocycles. The average Bonchev–Trinajstić information content (AvgIpc) is 2.41. The molecule has 1 aliphatic rings. The number of nitro groups is 1. The van der Waals surface area contributed by atoms with Gasteiger partial charge >= 0.3 is 0 Å². The molecular weight excluding hydrogens is 281 g/mol. The van der Waals surface area contributed by atoms with Crippen LogP contribution in [0.5, 0.6) is 5.75 Å². The van der Waals surface area contributed by atoms with E-state index in [1.165, 1.54) is 13.0 Å². The van der Waals surface area contributed by atoms with Crippen molar-refractivity contribution < 1.29 is 23.9 Å². The third-order valence-electron chi connectivity index (χ3n) is 3.46. The highest BCUT2D eigenvalue weighted by Crippen LogP contribution is 2.33. The maximum Gasteiger partial charge on any atom is 0.275 e. The van der Waals surface area contributed by atoms with E-state index in [1.807, 2.05) is 6.92 Å². The van der Waals surface area contributed by atoms with Crippen LogP contribution in [0.25, 0.3) is 0 Å². The molecule has 7 heteroatoms. The molecule has 1 aromatic carbocycles. The van der Waals surface area contributed by atoms with E-state index in [0.29, 0.717) is 18.6 Å². The van der Waals surface area contributed by atoms with Crippen molar-refractivity contribution >= 4 is 5.69 Å². The molecule has 1 aliphatic carbocycles. The minimum Gasteiger partial charge on any atom is -0.484 e. The summed E-state index contributed by atoms with van der Waals surface area (Å²) in [4.78, 5) is 10.1. The molecule has 6 nitrogen and oxygen atoms in total. The molecule has 0 amide bonds. The monoisotopic (exact) mass is 299 g/mol. The third-order valence-corrected chi connectivity index (χ3v) is 3.46. The molecule has 0 aromatic heterocycles. The Morgan fingerprint density at radius 3 is 2.81 bits per heavy atom. The first-order valence-corrected chi connectivity index (χ1v) is 6.85. The Morgan fingerprint density at radius 1 is 1.52 bits per heavy atom. The number of benzene rings is 1. The molecule has 0 saturated heterocycles. The highest BCUT2D eigenvalue weighted by atomic mass is 19.1. The number of nitrogens with zero attached hydrogens (tertiary/aromatic N) is 1. The van der Waals surface area contributed by atoms with Crippen molar-refractivity contribution in [2.75, 3.05) is 6.61 Å². The Bertz CT molecular complexity index is 536. The van der Waals surface area contributed by atoms with Crippen LogP contribution in [0, 0.1) is 22.9 Å². The molecule has 0 bridgehead atoms. The second-order valence-electron chi connectivity index (χ2n) is 5.12. The maximum atomic E-state index is 13.9. The van der Waals surface area contributed by atoms with Gasteiger partial charge < -0.3 is 14.6 Å².